The number of amides is 2. The summed E-state index contributed by atoms with van der Waals surface area (Å²) in [6.45, 7) is 4.27. The lowest BCUT2D eigenvalue weighted by molar-refractivity contribution is -0.132. The van der Waals surface area contributed by atoms with Crippen LogP contribution in [0.1, 0.15) is 16.9 Å². The molecule has 6 rings (SSSR count). The maximum atomic E-state index is 13.0. The molecule has 2 aliphatic heterocycles. The van der Waals surface area contributed by atoms with Crippen LogP contribution in [0.5, 0.6) is 0 Å². The number of likely N-dealkylation sites (tertiary alicyclic amines) is 1. The number of carboxylic acids is 1. The van der Waals surface area contributed by atoms with E-state index in [2.05, 4.69) is 42.5 Å². The number of anilines is 2. The molecule has 2 aromatic carbocycles. The van der Waals surface area contributed by atoms with Crippen molar-refractivity contribution in [1.82, 2.24) is 30.0 Å². The van der Waals surface area contributed by atoms with E-state index in [4.69, 9.17) is 0 Å². The molecule has 210 valence electrons. The molecule has 2 aliphatic rings. The van der Waals surface area contributed by atoms with Crippen LogP contribution in [0.4, 0.5) is 11.4 Å². The Morgan fingerprint density at radius 3 is 2.46 bits per heavy atom. The Bertz CT molecular complexity index is 1570. The van der Waals surface area contributed by atoms with Crippen LogP contribution in [0.25, 0.3) is 22.3 Å². The van der Waals surface area contributed by atoms with Crippen molar-refractivity contribution in [3.63, 3.8) is 0 Å². The smallest absolute Gasteiger partial charge is 0.357 e. The summed E-state index contributed by atoms with van der Waals surface area (Å²) in [5.41, 5.74) is 3.09. The van der Waals surface area contributed by atoms with Gasteiger partial charge in [-0.3, -0.25) is 19.6 Å². The number of carbonyl (C=O) groups is 3. The third-order valence-corrected chi connectivity index (χ3v) is 7.72. The lowest BCUT2D eigenvalue weighted by atomic mass is 10.1. The molecule has 41 heavy (non-hydrogen) atoms. The van der Waals surface area contributed by atoms with Gasteiger partial charge >= 0.3 is 5.97 Å². The van der Waals surface area contributed by atoms with Gasteiger partial charge in [0.2, 0.25) is 11.8 Å². The van der Waals surface area contributed by atoms with Crippen LogP contribution in [0.3, 0.4) is 0 Å². The Labute approximate surface area is 236 Å². The molecule has 2 saturated heterocycles. The number of nitrogens with one attached hydrogen (secondary N) is 2. The van der Waals surface area contributed by atoms with Gasteiger partial charge in [0.05, 0.1) is 18.0 Å². The average Bonchev–Trinajstić information content (AvgIpc) is 3.65. The summed E-state index contributed by atoms with van der Waals surface area (Å²) in [6, 6.07) is 15.0. The molecule has 4 aromatic rings. The molecule has 12 nitrogen and oxygen atoms in total. The van der Waals surface area contributed by atoms with E-state index in [1.54, 1.807) is 36.7 Å². The van der Waals surface area contributed by atoms with Crippen molar-refractivity contribution in [3.05, 3.63) is 66.6 Å². The SMILES string of the molecule is O=C(O)c1n[nH]c2ccc(NC(=O)[C@@H]3CCN(CC(=O)N4CCN(c5ccc(-c6ncccn6)cc5)CC4)C3)cc12. The van der Waals surface area contributed by atoms with Gasteiger partial charge in [-0.05, 0) is 61.5 Å². The van der Waals surface area contributed by atoms with Crippen LogP contribution < -0.4 is 10.2 Å². The van der Waals surface area contributed by atoms with E-state index in [9.17, 15) is 19.5 Å². The summed E-state index contributed by atoms with van der Waals surface area (Å²) in [4.78, 5) is 52.2. The minimum absolute atomic E-state index is 0.0777. The first-order valence-electron chi connectivity index (χ1n) is 13.6. The number of hydrogen-bond acceptors (Lipinski definition) is 8. The maximum Gasteiger partial charge on any atom is 0.357 e. The van der Waals surface area contributed by atoms with Crippen LogP contribution in [0.2, 0.25) is 0 Å². The first-order valence-corrected chi connectivity index (χ1v) is 13.6. The number of carboxylic acid groups (broad SMARTS) is 1. The number of H-pyrrole nitrogens is 1. The van der Waals surface area contributed by atoms with Gasteiger partial charge < -0.3 is 20.2 Å². The molecule has 0 radical (unpaired) electrons. The number of carbonyl (C=O) groups excluding carboxylic acids is 2. The summed E-state index contributed by atoms with van der Waals surface area (Å²) >= 11 is 0. The molecular formula is C29H30N8O4. The molecule has 2 amide bonds. The molecular weight excluding hydrogens is 524 g/mol. The Morgan fingerprint density at radius 1 is 0.976 bits per heavy atom. The van der Waals surface area contributed by atoms with Crippen LogP contribution in [-0.4, -0.2) is 98.7 Å². The topological polar surface area (TPSA) is 148 Å². The zero-order valence-corrected chi connectivity index (χ0v) is 22.4. The van der Waals surface area contributed by atoms with E-state index in [1.165, 1.54) is 0 Å². The molecule has 0 unspecified atom stereocenters. The second kappa shape index (κ2) is 11.3. The highest BCUT2D eigenvalue weighted by Gasteiger charge is 2.31. The summed E-state index contributed by atoms with van der Waals surface area (Å²) in [7, 11) is 0. The third kappa shape index (κ3) is 5.73. The van der Waals surface area contributed by atoms with Crippen molar-refractivity contribution in [3.8, 4) is 11.4 Å². The first kappa shape index (κ1) is 26.4. The summed E-state index contributed by atoms with van der Waals surface area (Å²) in [6.07, 6.45) is 4.12. The zero-order chi connectivity index (χ0) is 28.3. The van der Waals surface area contributed by atoms with E-state index in [0.29, 0.717) is 61.6 Å². The fourth-order valence-corrected chi connectivity index (χ4v) is 5.46. The fraction of sp³-hybridized carbons (Fsp3) is 0.310. The molecule has 0 aliphatic carbocycles. The van der Waals surface area contributed by atoms with Gasteiger partial charge in [0.15, 0.2) is 11.5 Å². The molecule has 12 heteroatoms. The van der Waals surface area contributed by atoms with Gasteiger partial charge in [0.25, 0.3) is 0 Å². The largest absolute Gasteiger partial charge is 0.476 e. The number of aromatic amines is 1. The van der Waals surface area contributed by atoms with Crippen molar-refractivity contribution in [2.45, 2.75) is 6.42 Å². The molecule has 1 atom stereocenters. The Hall–Kier alpha value is -4.84. The van der Waals surface area contributed by atoms with E-state index in [1.807, 2.05) is 21.9 Å². The van der Waals surface area contributed by atoms with Crippen LogP contribution in [-0.2, 0) is 9.59 Å². The lowest BCUT2D eigenvalue weighted by Gasteiger charge is -2.36. The van der Waals surface area contributed by atoms with E-state index in [0.717, 1.165) is 24.3 Å². The van der Waals surface area contributed by atoms with Crippen molar-refractivity contribution in [2.24, 2.45) is 5.92 Å². The summed E-state index contributed by atoms with van der Waals surface area (Å²) in [5.74, 6) is -0.749. The molecule has 0 bridgehead atoms. The van der Waals surface area contributed by atoms with Crippen LogP contribution in [0, 0.1) is 5.92 Å². The molecule has 0 spiro atoms. The summed E-state index contributed by atoms with van der Waals surface area (Å²) in [5, 5.41) is 19.1. The highest BCUT2D eigenvalue weighted by Crippen LogP contribution is 2.24. The molecule has 3 N–H and O–H groups in total. The quantitative estimate of drug-likeness (QED) is 0.313. The number of nitrogens with zero attached hydrogens (tertiary/aromatic N) is 6. The number of piperazine rings is 1. The third-order valence-electron chi connectivity index (χ3n) is 7.72. The molecule has 2 aromatic heterocycles. The van der Waals surface area contributed by atoms with Gasteiger partial charge in [0, 0.05) is 67.4 Å². The van der Waals surface area contributed by atoms with Crippen LogP contribution >= 0.6 is 0 Å². The monoisotopic (exact) mass is 554 g/mol. The Balaban J connectivity index is 0.975. The van der Waals surface area contributed by atoms with Gasteiger partial charge in [-0.2, -0.15) is 5.10 Å². The first-order chi connectivity index (χ1) is 19.9. The highest BCUT2D eigenvalue weighted by atomic mass is 16.4. The molecule has 2 fully saturated rings. The minimum Gasteiger partial charge on any atom is -0.476 e. The van der Waals surface area contributed by atoms with Gasteiger partial charge in [-0.15, -0.1) is 0 Å². The second-order valence-corrected chi connectivity index (χ2v) is 10.3. The number of benzene rings is 2. The van der Waals surface area contributed by atoms with Crippen molar-refractivity contribution in [1.29, 1.82) is 0 Å². The standard InChI is InChI=1S/C29H30N8O4/c38-25(37-14-12-36(13-15-37)22-5-2-19(3-6-22)27-30-9-1-10-31-27)18-35-11-8-20(17-35)28(39)32-21-4-7-24-23(16-21)26(29(40)41)34-33-24/h1-7,9-10,16,20H,8,11-15,17-18H2,(H,32,39)(H,33,34)(H,40,41)/t20-/m1/s1. The predicted octanol–water partition coefficient (Wildman–Crippen LogP) is 2.33. The summed E-state index contributed by atoms with van der Waals surface area (Å²) < 4.78 is 0. The number of rotatable bonds is 7. The van der Waals surface area contributed by atoms with Gasteiger partial charge in [0.1, 0.15) is 0 Å². The van der Waals surface area contributed by atoms with E-state index in [-0.39, 0.29) is 23.4 Å². The highest BCUT2D eigenvalue weighted by molar-refractivity contribution is 6.03. The van der Waals surface area contributed by atoms with E-state index >= 15 is 0 Å². The number of aromatic carboxylic acids is 1. The minimum atomic E-state index is -1.13. The number of fused-ring (bicyclic) bond motifs is 1. The normalized spacial score (nSPS) is 17.6. The van der Waals surface area contributed by atoms with Crippen molar-refractivity contribution >= 4 is 40.1 Å². The Morgan fingerprint density at radius 2 is 1.73 bits per heavy atom. The average molecular weight is 555 g/mol. The second-order valence-electron chi connectivity index (χ2n) is 10.3. The molecule has 0 saturated carbocycles. The fourth-order valence-electron chi connectivity index (χ4n) is 5.46. The molecule has 4 heterocycles. The van der Waals surface area contributed by atoms with Gasteiger partial charge in [-0.1, -0.05) is 0 Å². The lowest BCUT2D eigenvalue weighted by Crippen LogP contribution is -2.51. The van der Waals surface area contributed by atoms with Crippen LogP contribution in [0.15, 0.2) is 60.9 Å². The van der Waals surface area contributed by atoms with Crippen molar-refractivity contribution < 1.29 is 19.5 Å². The number of hydrogen-bond donors (Lipinski definition) is 3. The van der Waals surface area contributed by atoms with Gasteiger partial charge in [-0.25, -0.2) is 14.8 Å². The Kier molecular flexibility index (Phi) is 7.30. The van der Waals surface area contributed by atoms with E-state index < -0.39 is 5.97 Å². The van der Waals surface area contributed by atoms with Crippen molar-refractivity contribution in [2.75, 3.05) is 56.0 Å². The zero-order valence-electron chi connectivity index (χ0n) is 22.4. The predicted molar refractivity (Wildman–Crippen MR) is 152 cm³/mol. The maximum absolute atomic E-state index is 13.0. The number of aromatic nitrogens is 4.